The highest BCUT2D eigenvalue weighted by molar-refractivity contribution is 4.90. The number of hydrogen-bond donors (Lipinski definition) is 1. The van der Waals surface area contributed by atoms with E-state index < -0.39 is 0 Å². The van der Waals surface area contributed by atoms with Crippen LogP contribution in [0.3, 0.4) is 0 Å². The van der Waals surface area contributed by atoms with Crippen LogP contribution in [-0.4, -0.2) is 59.8 Å². The van der Waals surface area contributed by atoms with Crippen molar-refractivity contribution in [1.82, 2.24) is 9.80 Å². The zero-order chi connectivity index (χ0) is 12.4. The lowest BCUT2D eigenvalue weighted by molar-refractivity contribution is 0.0135. The van der Waals surface area contributed by atoms with Crippen LogP contribution in [0.5, 0.6) is 0 Å². The third-order valence-corrected chi connectivity index (χ3v) is 4.68. The Kier molecular flexibility index (Phi) is 4.45. The monoisotopic (exact) mass is 240 g/mol. The summed E-state index contributed by atoms with van der Waals surface area (Å²) in [6.07, 6.45) is 4.80. The van der Waals surface area contributed by atoms with Crippen molar-refractivity contribution < 1.29 is 5.11 Å². The van der Waals surface area contributed by atoms with Gasteiger partial charge in [0.25, 0.3) is 0 Å². The summed E-state index contributed by atoms with van der Waals surface area (Å²) in [6.45, 7) is 7.89. The van der Waals surface area contributed by atoms with Gasteiger partial charge in [0.1, 0.15) is 0 Å². The lowest BCUT2D eigenvalue weighted by Gasteiger charge is -2.47. The van der Waals surface area contributed by atoms with E-state index in [2.05, 4.69) is 23.8 Å². The molecule has 0 aromatic carbocycles. The van der Waals surface area contributed by atoms with Crippen molar-refractivity contribution in [2.45, 2.75) is 57.7 Å². The molecule has 3 heteroatoms. The van der Waals surface area contributed by atoms with Crippen molar-refractivity contribution in [3.8, 4) is 0 Å². The van der Waals surface area contributed by atoms with E-state index in [1.165, 1.54) is 38.9 Å². The molecule has 2 aliphatic rings. The van der Waals surface area contributed by atoms with Crippen molar-refractivity contribution in [2.75, 3.05) is 26.7 Å². The first-order valence-corrected chi connectivity index (χ1v) is 7.20. The molecule has 0 radical (unpaired) electrons. The maximum atomic E-state index is 9.49. The second kappa shape index (κ2) is 5.68. The Bertz CT molecular complexity index is 244. The summed E-state index contributed by atoms with van der Waals surface area (Å²) in [5.41, 5.74) is 0. The van der Waals surface area contributed by atoms with Crippen LogP contribution < -0.4 is 0 Å². The molecule has 2 heterocycles. The first-order chi connectivity index (χ1) is 8.08. The normalized spacial score (nSPS) is 35.3. The van der Waals surface area contributed by atoms with Crippen molar-refractivity contribution in [1.29, 1.82) is 0 Å². The Morgan fingerprint density at radius 3 is 2.71 bits per heavy atom. The van der Waals surface area contributed by atoms with Gasteiger partial charge >= 0.3 is 0 Å². The molecule has 100 valence electrons. The molecule has 0 spiro atoms. The number of piperidine rings is 2. The van der Waals surface area contributed by atoms with Crippen molar-refractivity contribution in [3.05, 3.63) is 0 Å². The number of likely N-dealkylation sites (tertiary alicyclic amines) is 2. The van der Waals surface area contributed by atoms with Gasteiger partial charge in [-0.15, -0.1) is 0 Å². The number of aliphatic hydroxyl groups excluding tert-OH is 1. The van der Waals surface area contributed by atoms with Crippen LogP contribution >= 0.6 is 0 Å². The van der Waals surface area contributed by atoms with Gasteiger partial charge in [-0.3, -0.25) is 0 Å². The standard InChI is InChI=1S/C14H28N2O/c1-11(9-12(2)17)16-8-6-14-13(10-16)5-4-7-15(14)3/h11-14,17H,4-10H2,1-3H3. The summed E-state index contributed by atoms with van der Waals surface area (Å²) in [7, 11) is 2.28. The molecule has 0 amide bonds. The molecule has 0 aromatic rings. The molecule has 0 aromatic heterocycles. The fourth-order valence-electron chi connectivity index (χ4n) is 3.72. The van der Waals surface area contributed by atoms with E-state index in [-0.39, 0.29) is 6.10 Å². The van der Waals surface area contributed by atoms with Crippen molar-refractivity contribution >= 4 is 0 Å². The quantitative estimate of drug-likeness (QED) is 0.811. The van der Waals surface area contributed by atoms with Gasteiger partial charge in [-0.1, -0.05) is 0 Å². The van der Waals surface area contributed by atoms with E-state index in [4.69, 9.17) is 0 Å². The van der Waals surface area contributed by atoms with E-state index in [9.17, 15) is 5.11 Å². The number of nitrogens with zero attached hydrogens (tertiary/aromatic N) is 2. The Balaban J connectivity index is 1.88. The molecule has 0 saturated carbocycles. The predicted molar refractivity (Wildman–Crippen MR) is 71.1 cm³/mol. The van der Waals surface area contributed by atoms with Crippen LogP contribution in [0.1, 0.15) is 39.5 Å². The molecular formula is C14H28N2O. The van der Waals surface area contributed by atoms with Crippen LogP contribution in [0, 0.1) is 5.92 Å². The van der Waals surface area contributed by atoms with Gasteiger partial charge in [-0.2, -0.15) is 0 Å². The zero-order valence-electron chi connectivity index (χ0n) is 11.6. The predicted octanol–water partition coefficient (Wildman–Crippen LogP) is 1.56. The summed E-state index contributed by atoms with van der Waals surface area (Å²) in [4.78, 5) is 5.15. The van der Waals surface area contributed by atoms with Crippen LogP contribution in [0.25, 0.3) is 0 Å². The molecule has 17 heavy (non-hydrogen) atoms. The van der Waals surface area contributed by atoms with Gasteiger partial charge in [0, 0.05) is 18.6 Å². The average Bonchev–Trinajstić information content (AvgIpc) is 2.28. The summed E-state index contributed by atoms with van der Waals surface area (Å²) in [6, 6.07) is 1.35. The van der Waals surface area contributed by atoms with Gasteiger partial charge in [-0.25, -0.2) is 0 Å². The third-order valence-electron chi connectivity index (χ3n) is 4.68. The molecule has 2 rings (SSSR count). The fourth-order valence-corrected chi connectivity index (χ4v) is 3.72. The maximum absolute atomic E-state index is 9.49. The van der Waals surface area contributed by atoms with Crippen LogP contribution in [0.2, 0.25) is 0 Å². The van der Waals surface area contributed by atoms with E-state index in [1.54, 1.807) is 0 Å². The minimum Gasteiger partial charge on any atom is -0.393 e. The second-order valence-electron chi connectivity index (χ2n) is 6.17. The lowest BCUT2D eigenvalue weighted by atomic mass is 9.83. The maximum Gasteiger partial charge on any atom is 0.0526 e. The summed E-state index contributed by atoms with van der Waals surface area (Å²) in [5, 5.41) is 9.49. The average molecular weight is 240 g/mol. The highest BCUT2D eigenvalue weighted by Gasteiger charge is 2.35. The molecule has 4 atom stereocenters. The van der Waals surface area contributed by atoms with E-state index >= 15 is 0 Å². The summed E-state index contributed by atoms with van der Waals surface area (Å²) >= 11 is 0. The third kappa shape index (κ3) is 3.21. The van der Waals surface area contributed by atoms with Gasteiger partial charge in [0.05, 0.1) is 6.10 Å². The van der Waals surface area contributed by atoms with Crippen LogP contribution in [0.4, 0.5) is 0 Å². The number of aliphatic hydroxyl groups is 1. The Morgan fingerprint density at radius 2 is 2.00 bits per heavy atom. The fraction of sp³-hybridized carbons (Fsp3) is 1.00. The highest BCUT2D eigenvalue weighted by Crippen LogP contribution is 2.30. The molecule has 0 bridgehead atoms. The van der Waals surface area contributed by atoms with Gasteiger partial charge in [0.2, 0.25) is 0 Å². The minimum absolute atomic E-state index is 0.170. The Labute approximate surface area is 106 Å². The molecule has 1 N–H and O–H groups in total. The molecule has 4 unspecified atom stereocenters. The molecule has 0 aliphatic carbocycles. The highest BCUT2D eigenvalue weighted by atomic mass is 16.3. The van der Waals surface area contributed by atoms with E-state index in [0.29, 0.717) is 6.04 Å². The largest absolute Gasteiger partial charge is 0.393 e. The van der Waals surface area contributed by atoms with E-state index in [1.807, 2.05) is 6.92 Å². The molecule has 2 aliphatic heterocycles. The summed E-state index contributed by atoms with van der Waals surface area (Å²) in [5.74, 6) is 0.860. The topological polar surface area (TPSA) is 26.7 Å². The smallest absolute Gasteiger partial charge is 0.0526 e. The van der Waals surface area contributed by atoms with Gasteiger partial charge in [0.15, 0.2) is 0 Å². The zero-order valence-corrected chi connectivity index (χ0v) is 11.6. The van der Waals surface area contributed by atoms with Gasteiger partial charge in [-0.05, 0) is 65.6 Å². The minimum atomic E-state index is -0.170. The second-order valence-corrected chi connectivity index (χ2v) is 6.17. The number of rotatable bonds is 3. The van der Waals surface area contributed by atoms with Crippen molar-refractivity contribution in [3.63, 3.8) is 0 Å². The lowest BCUT2D eigenvalue weighted by Crippen LogP contribution is -2.54. The van der Waals surface area contributed by atoms with Gasteiger partial charge < -0.3 is 14.9 Å². The van der Waals surface area contributed by atoms with Crippen LogP contribution in [0.15, 0.2) is 0 Å². The summed E-state index contributed by atoms with van der Waals surface area (Å²) < 4.78 is 0. The van der Waals surface area contributed by atoms with Crippen molar-refractivity contribution in [2.24, 2.45) is 5.92 Å². The SMILES string of the molecule is CC(O)CC(C)N1CCC2C(CCCN2C)C1. The van der Waals surface area contributed by atoms with E-state index in [0.717, 1.165) is 18.4 Å². The molecular weight excluding hydrogens is 212 g/mol. The Morgan fingerprint density at radius 1 is 1.24 bits per heavy atom. The first kappa shape index (κ1) is 13.3. The molecule has 2 fully saturated rings. The Hall–Kier alpha value is -0.120. The number of fused-ring (bicyclic) bond motifs is 1. The first-order valence-electron chi connectivity index (χ1n) is 7.20. The molecule has 2 saturated heterocycles. The molecule has 3 nitrogen and oxygen atoms in total. The van der Waals surface area contributed by atoms with Crippen LogP contribution in [-0.2, 0) is 0 Å². The number of hydrogen-bond acceptors (Lipinski definition) is 3.